The van der Waals surface area contributed by atoms with Crippen LogP contribution in [0.5, 0.6) is 0 Å². The molecule has 2 saturated heterocycles. The highest BCUT2D eigenvalue weighted by Gasteiger charge is 2.28. The van der Waals surface area contributed by atoms with Crippen LogP contribution in [-0.4, -0.2) is 60.9 Å². The number of nitrogens with one attached hydrogen (secondary N) is 1. The molecule has 6 nitrogen and oxygen atoms in total. The zero-order valence-corrected chi connectivity index (χ0v) is 14.9. The van der Waals surface area contributed by atoms with Gasteiger partial charge in [0.1, 0.15) is 0 Å². The van der Waals surface area contributed by atoms with E-state index in [1.807, 2.05) is 0 Å². The van der Waals surface area contributed by atoms with Crippen molar-refractivity contribution < 1.29 is 14.0 Å². The number of carbonyl (C=O) groups is 2. The molecule has 138 valence electrons. The molecule has 0 atom stereocenters. The van der Waals surface area contributed by atoms with E-state index in [1.165, 1.54) is 38.6 Å². The summed E-state index contributed by atoms with van der Waals surface area (Å²) in [6.45, 7) is 5.47. The Kier molecular flexibility index (Phi) is 6.50. The lowest BCUT2D eigenvalue weighted by atomic mass is 9.95. The van der Waals surface area contributed by atoms with E-state index in [2.05, 4.69) is 10.2 Å². The van der Waals surface area contributed by atoms with Gasteiger partial charge in [-0.15, -0.1) is 0 Å². The molecule has 3 heterocycles. The summed E-state index contributed by atoms with van der Waals surface area (Å²) in [5, 5.41) is 3.08. The fourth-order valence-electron chi connectivity index (χ4n) is 3.74. The topological polar surface area (TPSA) is 65.8 Å². The average Bonchev–Trinajstić information content (AvgIpc) is 3.20. The van der Waals surface area contributed by atoms with Crippen LogP contribution >= 0.6 is 0 Å². The first kappa shape index (κ1) is 18.0. The smallest absolute Gasteiger partial charge is 0.289 e. The normalized spacial score (nSPS) is 19.8. The van der Waals surface area contributed by atoms with Crippen LogP contribution in [0.2, 0.25) is 0 Å². The second kappa shape index (κ2) is 9.04. The lowest BCUT2D eigenvalue weighted by Crippen LogP contribution is -2.43. The maximum absolute atomic E-state index is 12.3. The van der Waals surface area contributed by atoms with Crippen LogP contribution in [0, 0.1) is 5.92 Å². The van der Waals surface area contributed by atoms with Crippen LogP contribution in [0.1, 0.15) is 49.1 Å². The number of amides is 2. The molecule has 1 aromatic heterocycles. The van der Waals surface area contributed by atoms with Crippen LogP contribution in [0.4, 0.5) is 0 Å². The van der Waals surface area contributed by atoms with Crippen LogP contribution in [0.25, 0.3) is 0 Å². The van der Waals surface area contributed by atoms with Crippen LogP contribution in [0.15, 0.2) is 22.8 Å². The van der Waals surface area contributed by atoms with E-state index in [9.17, 15) is 9.59 Å². The molecule has 1 N–H and O–H groups in total. The van der Waals surface area contributed by atoms with E-state index in [4.69, 9.17) is 4.42 Å². The number of carbonyl (C=O) groups excluding carboxylic acids is 2. The quantitative estimate of drug-likeness (QED) is 0.801. The third-order valence-electron chi connectivity index (χ3n) is 5.28. The fraction of sp³-hybridized carbons (Fsp3) is 0.684. The number of rotatable bonds is 6. The molecule has 6 heteroatoms. The molecule has 0 unspecified atom stereocenters. The van der Waals surface area contributed by atoms with Gasteiger partial charge in [0.25, 0.3) is 5.91 Å². The number of hydrogen-bond donors (Lipinski definition) is 1. The molecule has 3 rings (SSSR count). The van der Waals surface area contributed by atoms with E-state index in [0.29, 0.717) is 18.8 Å². The zero-order chi connectivity index (χ0) is 17.5. The fourth-order valence-corrected chi connectivity index (χ4v) is 3.74. The largest absolute Gasteiger partial charge is 0.459 e. The van der Waals surface area contributed by atoms with E-state index in [1.54, 1.807) is 17.0 Å². The highest BCUT2D eigenvalue weighted by Crippen LogP contribution is 2.19. The minimum atomic E-state index is -0.0783. The van der Waals surface area contributed by atoms with Crippen molar-refractivity contribution in [2.75, 3.05) is 39.3 Å². The Morgan fingerprint density at radius 1 is 1.12 bits per heavy atom. The molecule has 2 aliphatic rings. The van der Waals surface area contributed by atoms with Crippen molar-refractivity contribution in [3.8, 4) is 0 Å². The van der Waals surface area contributed by atoms with Gasteiger partial charge < -0.3 is 19.5 Å². The lowest BCUT2D eigenvalue weighted by Gasteiger charge is -2.31. The second-order valence-corrected chi connectivity index (χ2v) is 7.09. The summed E-state index contributed by atoms with van der Waals surface area (Å²) in [6.07, 6.45) is 7.95. The van der Waals surface area contributed by atoms with Gasteiger partial charge >= 0.3 is 0 Å². The lowest BCUT2D eigenvalue weighted by molar-refractivity contribution is -0.126. The number of furan rings is 1. The Morgan fingerprint density at radius 3 is 2.56 bits per heavy atom. The third-order valence-corrected chi connectivity index (χ3v) is 5.28. The van der Waals surface area contributed by atoms with E-state index in [-0.39, 0.29) is 17.7 Å². The minimum Gasteiger partial charge on any atom is -0.459 e. The predicted molar refractivity (Wildman–Crippen MR) is 95.3 cm³/mol. The summed E-state index contributed by atoms with van der Waals surface area (Å²) >= 11 is 0. The van der Waals surface area contributed by atoms with Gasteiger partial charge in [0.2, 0.25) is 5.91 Å². The molecule has 1 aromatic rings. The number of hydrogen-bond acceptors (Lipinski definition) is 4. The number of nitrogens with zero attached hydrogens (tertiary/aromatic N) is 2. The van der Waals surface area contributed by atoms with E-state index < -0.39 is 0 Å². The van der Waals surface area contributed by atoms with Crippen molar-refractivity contribution in [1.82, 2.24) is 15.1 Å². The van der Waals surface area contributed by atoms with Crippen LogP contribution in [-0.2, 0) is 4.79 Å². The summed E-state index contributed by atoms with van der Waals surface area (Å²) in [5.41, 5.74) is 0. The van der Waals surface area contributed by atoms with Gasteiger partial charge in [-0.25, -0.2) is 0 Å². The van der Waals surface area contributed by atoms with Gasteiger partial charge in [0, 0.05) is 25.6 Å². The van der Waals surface area contributed by atoms with Crippen molar-refractivity contribution in [3.05, 3.63) is 24.2 Å². The molecule has 2 aliphatic heterocycles. The first-order chi connectivity index (χ1) is 12.2. The third kappa shape index (κ3) is 5.08. The number of piperidine rings is 2. The zero-order valence-electron chi connectivity index (χ0n) is 14.9. The summed E-state index contributed by atoms with van der Waals surface area (Å²) in [5.74, 6) is 0.463. The highest BCUT2D eigenvalue weighted by atomic mass is 16.3. The average molecular weight is 347 g/mol. The summed E-state index contributed by atoms with van der Waals surface area (Å²) in [6, 6.07) is 3.40. The van der Waals surface area contributed by atoms with Gasteiger partial charge in [0.05, 0.1) is 6.26 Å². The molecular formula is C19H29N3O3. The Bertz CT molecular complexity index is 544. The highest BCUT2D eigenvalue weighted by molar-refractivity contribution is 5.91. The van der Waals surface area contributed by atoms with Gasteiger partial charge in [-0.05, 0) is 63.9 Å². The molecule has 2 fully saturated rings. The van der Waals surface area contributed by atoms with Crippen molar-refractivity contribution in [2.24, 2.45) is 5.92 Å². The van der Waals surface area contributed by atoms with Gasteiger partial charge in [0.15, 0.2) is 5.76 Å². The van der Waals surface area contributed by atoms with Gasteiger partial charge in [-0.2, -0.15) is 0 Å². The molecule has 25 heavy (non-hydrogen) atoms. The van der Waals surface area contributed by atoms with Crippen LogP contribution < -0.4 is 5.32 Å². The standard InChI is InChI=1S/C19H29N3O3/c23-18(20-9-5-12-21-10-2-1-3-11-21)16-7-13-22(14-8-16)19(24)17-6-4-15-25-17/h4,6,15-16H,1-3,5,7-14H2,(H,20,23). The SMILES string of the molecule is O=C(NCCCN1CCCCC1)C1CCN(C(=O)c2ccco2)CC1. The molecule has 0 radical (unpaired) electrons. The Hall–Kier alpha value is -1.82. The Labute approximate surface area is 149 Å². The maximum Gasteiger partial charge on any atom is 0.289 e. The van der Waals surface area contributed by atoms with Gasteiger partial charge in [-0.3, -0.25) is 9.59 Å². The van der Waals surface area contributed by atoms with Gasteiger partial charge in [-0.1, -0.05) is 6.42 Å². The monoisotopic (exact) mass is 347 g/mol. The van der Waals surface area contributed by atoms with Crippen molar-refractivity contribution >= 4 is 11.8 Å². The first-order valence-electron chi connectivity index (χ1n) is 9.57. The summed E-state index contributed by atoms with van der Waals surface area (Å²) in [7, 11) is 0. The summed E-state index contributed by atoms with van der Waals surface area (Å²) < 4.78 is 5.16. The van der Waals surface area contributed by atoms with Crippen LogP contribution in [0.3, 0.4) is 0 Å². The first-order valence-corrected chi connectivity index (χ1v) is 9.57. The summed E-state index contributed by atoms with van der Waals surface area (Å²) in [4.78, 5) is 28.8. The van der Waals surface area contributed by atoms with E-state index in [0.717, 1.165) is 32.4 Å². The predicted octanol–water partition coefficient (Wildman–Crippen LogP) is 2.12. The second-order valence-electron chi connectivity index (χ2n) is 7.09. The molecule has 0 spiro atoms. The van der Waals surface area contributed by atoms with Crippen molar-refractivity contribution in [2.45, 2.75) is 38.5 Å². The molecule has 0 saturated carbocycles. The maximum atomic E-state index is 12.3. The van der Waals surface area contributed by atoms with E-state index >= 15 is 0 Å². The molecule has 2 amide bonds. The molecule has 0 bridgehead atoms. The van der Waals surface area contributed by atoms with Crippen molar-refractivity contribution in [3.63, 3.8) is 0 Å². The van der Waals surface area contributed by atoms with Crippen molar-refractivity contribution in [1.29, 1.82) is 0 Å². The molecule has 0 aromatic carbocycles. The Morgan fingerprint density at radius 2 is 1.88 bits per heavy atom. The number of likely N-dealkylation sites (tertiary alicyclic amines) is 2. The minimum absolute atomic E-state index is 0.0237. The Balaban J connectivity index is 1.32. The molecular weight excluding hydrogens is 318 g/mol. The molecule has 0 aliphatic carbocycles.